The molecule has 0 atom stereocenters. The maximum atomic E-state index is 12.4. The number of amides is 2. The van der Waals surface area contributed by atoms with Gasteiger partial charge in [-0.25, -0.2) is 9.78 Å². The first-order valence-corrected chi connectivity index (χ1v) is 10.0. The number of pyridine rings is 1. The van der Waals surface area contributed by atoms with E-state index in [1.165, 1.54) is 24.6 Å². The first kappa shape index (κ1) is 26.5. The zero-order valence-electron chi connectivity index (χ0n) is 18.4. The van der Waals surface area contributed by atoms with Crippen LogP contribution in [0.1, 0.15) is 56.8 Å². The lowest BCUT2D eigenvalue weighted by Crippen LogP contribution is -2.33. The average molecular weight is 452 g/mol. The van der Waals surface area contributed by atoms with Crippen molar-refractivity contribution in [2.45, 2.75) is 52.1 Å². The van der Waals surface area contributed by atoms with Gasteiger partial charge in [0.15, 0.2) is 5.78 Å². The SMILES string of the molecule is CC(C)(C)OC(=O)NCCCCCC(=O)COc1ccon1.NC(=O)c1cccnc1F. The molecule has 0 saturated heterocycles. The Bertz CT molecular complexity index is 852. The van der Waals surface area contributed by atoms with Gasteiger partial charge in [0.25, 0.3) is 11.8 Å². The number of ether oxygens (including phenoxy) is 2. The summed E-state index contributed by atoms with van der Waals surface area (Å²) in [6.45, 7) is 6.00. The molecule has 0 aliphatic rings. The van der Waals surface area contributed by atoms with Crippen molar-refractivity contribution >= 4 is 17.8 Å². The lowest BCUT2D eigenvalue weighted by atomic mass is 10.1. The summed E-state index contributed by atoms with van der Waals surface area (Å²) < 4.78 is 27.3. The second-order valence-corrected chi connectivity index (χ2v) is 7.61. The molecule has 2 rings (SSSR count). The van der Waals surface area contributed by atoms with Crippen LogP contribution in [-0.2, 0) is 9.53 Å². The lowest BCUT2D eigenvalue weighted by Gasteiger charge is -2.19. The second kappa shape index (κ2) is 13.7. The van der Waals surface area contributed by atoms with Crippen molar-refractivity contribution in [2.24, 2.45) is 5.73 Å². The molecule has 2 heterocycles. The van der Waals surface area contributed by atoms with Crippen molar-refractivity contribution < 1.29 is 32.8 Å². The summed E-state index contributed by atoms with van der Waals surface area (Å²) in [7, 11) is 0. The molecule has 0 fully saturated rings. The van der Waals surface area contributed by atoms with Crippen molar-refractivity contribution in [3.63, 3.8) is 0 Å². The van der Waals surface area contributed by atoms with E-state index in [4.69, 9.17) is 15.2 Å². The third kappa shape index (κ3) is 12.3. The van der Waals surface area contributed by atoms with E-state index in [2.05, 4.69) is 20.0 Å². The van der Waals surface area contributed by atoms with Gasteiger partial charge in [-0.05, 0) is 50.9 Å². The van der Waals surface area contributed by atoms with E-state index >= 15 is 0 Å². The Labute approximate surface area is 185 Å². The molecule has 0 saturated carbocycles. The molecule has 0 radical (unpaired) electrons. The van der Waals surface area contributed by atoms with E-state index in [9.17, 15) is 18.8 Å². The van der Waals surface area contributed by atoms with E-state index in [0.29, 0.717) is 18.8 Å². The number of nitrogens with one attached hydrogen (secondary N) is 1. The Kier molecular flexibility index (Phi) is 11.4. The van der Waals surface area contributed by atoms with Gasteiger partial charge in [-0.15, -0.1) is 0 Å². The molecule has 0 spiro atoms. The zero-order valence-corrected chi connectivity index (χ0v) is 18.4. The quantitative estimate of drug-likeness (QED) is 0.413. The van der Waals surface area contributed by atoms with Gasteiger partial charge in [-0.3, -0.25) is 9.59 Å². The highest BCUT2D eigenvalue weighted by atomic mass is 19.1. The Morgan fingerprint density at radius 1 is 1.19 bits per heavy atom. The molecule has 0 aliphatic carbocycles. The van der Waals surface area contributed by atoms with Crippen molar-refractivity contribution in [3.05, 3.63) is 42.2 Å². The van der Waals surface area contributed by atoms with Gasteiger partial charge < -0.3 is 25.0 Å². The minimum Gasteiger partial charge on any atom is -0.468 e. The third-order valence-corrected chi connectivity index (χ3v) is 3.62. The third-order valence-electron chi connectivity index (χ3n) is 3.62. The largest absolute Gasteiger partial charge is 0.468 e. The molecule has 0 aromatic carbocycles. The summed E-state index contributed by atoms with van der Waals surface area (Å²) >= 11 is 0. The van der Waals surface area contributed by atoms with Gasteiger partial charge in [0.2, 0.25) is 5.95 Å². The van der Waals surface area contributed by atoms with Crippen LogP contribution < -0.4 is 15.8 Å². The highest BCUT2D eigenvalue weighted by molar-refractivity contribution is 5.92. The van der Waals surface area contributed by atoms with Crippen LogP contribution in [0.15, 0.2) is 35.2 Å². The highest BCUT2D eigenvalue weighted by Gasteiger charge is 2.15. The molecule has 10 nitrogen and oxygen atoms in total. The predicted molar refractivity (Wildman–Crippen MR) is 112 cm³/mol. The molecule has 2 aromatic heterocycles. The smallest absolute Gasteiger partial charge is 0.407 e. The van der Waals surface area contributed by atoms with Crippen LogP contribution in [-0.4, -0.2) is 46.7 Å². The monoisotopic (exact) mass is 452 g/mol. The molecule has 176 valence electrons. The number of ketones is 1. The number of carbonyl (C=O) groups is 3. The van der Waals surface area contributed by atoms with Crippen molar-refractivity contribution in [3.8, 4) is 5.88 Å². The Morgan fingerprint density at radius 2 is 1.94 bits per heavy atom. The number of nitrogens with two attached hydrogens (primary N) is 1. The van der Waals surface area contributed by atoms with E-state index in [1.807, 2.05) is 20.8 Å². The Balaban J connectivity index is 0.000000425. The minimum absolute atomic E-state index is 0.00267. The van der Waals surface area contributed by atoms with E-state index in [1.54, 1.807) is 6.07 Å². The Hall–Kier alpha value is -3.50. The van der Waals surface area contributed by atoms with Gasteiger partial charge in [0.1, 0.15) is 18.5 Å². The molecular formula is C21H29FN4O6. The summed E-state index contributed by atoms with van der Waals surface area (Å²) in [5.41, 5.74) is 4.13. The standard InChI is InChI=1S/C15H24N2O5.C6H5FN2O/c1-15(2,3)22-14(19)16-9-6-4-5-7-12(18)11-20-13-8-10-21-17-13;7-5-4(6(8)10)2-1-3-9-5/h8,10H,4-7,9,11H2,1-3H3,(H,16,19);1-3H,(H2,8,10). The van der Waals surface area contributed by atoms with Crippen LogP contribution in [0.2, 0.25) is 0 Å². The molecule has 32 heavy (non-hydrogen) atoms. The van der Waals surface area contributed by atoms with Crippen LogP contribution >= 0.6 is 0 Å². The summed E-state index contributed by atoms with van der Waals surface area (Å²) in [5.74, 6) is -1.29. The number of nitrogens with zero attached hydrogens (tertiary/aromatic N) is 2. The van der Waals surface area contributed by atoms with Crippen molar-refractivity contribution in [1.82, 2.24) is 15.5 Å². The van der Waals surface area contributed by atoms with Crippen LogP contribution in [0.25, 0.3) is 0 Å². The minimum atomic E-state index is -0.824. The summed E-state index contributed by atoms with van der Waals surface area (Å²) in [5, 5.41) is 6.23. The molecule has 0 aliphatic heterocycles. The van der Waals surface area contributed by atoms with Crippen molar-refractivity contribution in [1.29, 1.82) is 0 Å². The molecule has 2 aromatic rings. The fourth-order valence-corrected chi connectivity index (χ4v) is 2.20. The number of hydrogen-bond donors (Lipinski definition) is 2. The highest BCUT2D eigenvalue weighted by Crippen LogP contribution is 2.07. The van der Waals surface area contributed by atoms with Gasteiger partial charge in [0, 0.05) is 25.2 Å². The van der Waals surface area contributed by atoms with E-state index in [-0.39, 0.29) is 18.0 Å². The number of rotatable bonds is 10. The molecule has 2 amide bonds. The lowest BCUT2D eigenvalue weighted by molar-refractivity contribution is -0.121. The predicted octanol–water partition coefficient (Wildman–Crippen LogP) is 3.03. The first-order valence-electron chi connectivity index (χ1n) is 10.0. The number of unbranched alkanes of at least 4 members (excludes halogenated alkanes) is 2. The number of hydrogen-bond acceptors (Lipinski definition) is 8. The normalized spacial score (nSPS) is 10.5. The molecular weight excluding hydrogens is 423 g/mol. The summed E-state index contributed by atoms with van der Waals surface area (Å²) in [6.07, 6.45) is 5.09. The number of aromatic nitrogens is 2. The van der Waals surface area contributed by atoms with Crippen LogP contribution in [0, 0.1) is 5.95 Å². The fraction of sp³-hybridized carbons (Fsp3) is 0.476. The van der Waals surface area contributed by atoms with Gasteiger partial charge in [-0.1, -0.05) is 6.42 Å². The summed E-state index contributed by atoms with van der Waals surface area (Å²) in [4.78, 5) is 36.5. The topological polar surface area (TPSA) is 147 Å². The number of Topliss-reactive ketones (excluding diaryl/α,β-unsaturated/α-hetero) is 1. The maximum Gasteiger partial charge on any atom is 0.407 e. The Morgan fingerprint density at radius 3 is 2.50 bits per heavy atom. The fourth-order valence-electron chi connectivity index (χ4n) is 2.20. The number of primary amides is 1. The number of carbonyl (C=O) groups excluding carboxylic acids is 3. The van der Waals surface area contributed by atoms with Crippen molar-refractivity contribution in [2.75, 3.05) is 13.2 Å². The average Bonchev–Trinajstić information content (AvgIpc) is 3.22. The van der Waals surface area contributed by atoms with Crippen LogP contribution in [0.5, 0.6) is 5.88 Å². The number of alkyl carbamates (subject to hydrolysis) is 1. The molecule has 11 heteroatoms. The van der Waals surface area contributed by atoms with E-state index in [0.717, 1.165) is 19.3 Å². The molecule has 3 N–H and O–H groups in total. The maximum absolute atomic E-state index is 12.4. The zero-order chi connectivity index (χ0) is 24.0. The van der Waals surface area contributed by atoms with Crippen LogP contribution in [0.4, 0.5) is 9.18 Å². The van der Waals surface area contributed by atoms with Crippen LogP contribution in [0.3, 0.4) is 0 Å². The van der Waals surface area contributed by atoms with E-state index < -0.39 is 23.5 Å². The summed E-state index contributed by atoms with van der Waals surface area (Å²) in [6, 6.07) is 4.28. The van der Waals surface area contributed by atoms with Gasteiger partial charge >= 0.3 is 6.09 Å². The number of halogens is 1. The second-order valence-electron chi connectivity index (χ2n) is 7.61. The molecule has 0 bridgehead atoms. The first-order chi connectivity index (χ1) is 15.1. The molecule has 0 unspecified atom stereocenters. The van der Waals surface area contributed by atoms with Gasteiger partial charge in [-0.2, -0.15) is 4.39 Å². The van der Waals surface area contributed by atoms with Gasteiger partial charge in [0.05, 0.1) is 5.56 Å².